The van der Waals surface area contributed by atoms with Gasteiger partial charge in [0.05, 0.1) is 5.69 Å². The zero-order valence-corrected chi connectivity index (χ0v) is 17.3. The lowest BCUT2D eigenvalue weighted by molar-refractivity contribution is 0.0953. The third-order valence-corrected chi connectivity index (χ3v) is 5.87. The number of nitrogen functional groups attached to an aromatic ring is 1. The zero-order chi connectivity index (χ0) is 18.2. The van der Waals surface area contributed by atoms with Crippen LogP contribution in [0, 0.1) is 0 Å². The third-order valence-electron chi connectivity index (χ3n) is 4.94. The van der Waals surface area contributed by atoms with Gasteiger partial charge in [0.25, 0.3) is 5.91 Å². The van der Waals surface area contributed by atoms with Crippen LogP contribution < -0.4 is 11.1 Å². The number of benzene rings is 1. The van der Waals surface area contributed by atoms with Crippen LogP contribution in [0.3, 0.4) is 0 Å². The number of rotatable bonds is 8. The van der Waals surface area contributed by atoms with Crippen LogP contribution in [0.15, 0.2) is 16.6 Å². The highest BCUT2D eigenvalue weighted by Gasteiger charge is 2.21. The molecule has 0 aliphatic heterocycles. The Bertz CT molecular complexity index is 576. The monoisotopic (exact) mass is 429 g/mol. The summed E-state index contributed by atoms with van der Waals surface area (Å²) in [5.41, 5.74) is 8.67. The van der Waals surface area contributed by atoms with E-state index in [1.54, 1.807) is 6.07 Å². The summed E-state index contributed by atoms with van der Waals surface area (Å²) in [4.78, 5) is 14.9. The molecule has 1 fully saturated rings. The molecule has 0 bridgehead atoms. The molecule has 140 valence electrons. The molecule has 0 saturated heterocycles. The molecule has 1 amide bonds. The second-order valence-corrected chi connectivity index (χ2v) is 7.92. The Morgan fingerprint density at radius 2 is 2.08 bits per heavy atom. The van der Waals surface area contributed by atoms with Gasteiger partial charge in [-0.3, -0.25) is 9.69 Å². The van der Waals surface area contributed by atoms with Gasteiger partial charge in [-0.25, -0.2) is 0 Å². The van der Waals surface area contributed by atoms with Crippen molar-refractivity contribution in [3.8, 4) is 0 Å². The van der Waals surface area contributed by atoms with Crippen molar-refractivity contribution in [3.05, 3.63) is 27.7 Å². The quantitative estimate of drug-likeness (QED) is 0.361. The number of carbonyl (C=O) groups is 1. The molecule has 1 saturated carbocycles. The Morgan fingerprint density at radius 1 is 1.36 bits per heavy atom. The van der Waals surface area contributed by atoms with Gasteiger partial charge < -0.3 is 11.1 Å². The maximum Gasteiger partial charge on any atom is 0.251 e. The molecule has 6 heteroatoms. The van der Waals surface area contributed by atoms with Crippen LogP contribution in [-0.4, -0.2) is 35.8 Å². The van der Waals surface area contributed by atoms with Gasteiger partial charge in [0, 0.05) is 35.0 Å². The molecule has 0 heterocycles. The molecule has 2 rings (SSSR count). The number of nitrogens with two attached hydrogens (primary N) is 1. The first-order valence-corrected chi connectivity index (χ1v) is 10.6. The molecule has 1 aromatic carbocycles. The highest BCUT2D eigenvalue weighted by molar-refractivity contribution is 9.10. The van der Waals surface area contributed by atoms with E-state index in [4.69, 9.17) is 17.3 Å². The maximum atomic E-state index is 12.4. The SMILES string of the molecule is CCN(Cc1cc(C(=O)NCCCCl)cc(Br)c1N)C1CCCCC1. The van der Waals surface area contributed by atoms with Crippen LogP contribution in [0.2, 0.25) is 0 Å². The van der Waals surface area contributed by atoms with Crippen LogP contribution in [0.25, 0.3) is 0 Å². The summed E-state index contributed by atoms with van der Waals surface area (Å²) in [6.45, 7) is 4.56. The molecule has 25 heavy (non-hydrogen) atoms. The van der Waals surface area contributed by atoms with Crippen LogP contribution in [-0.2, 0) is 6.54 Å². The number of nitrogens with zero attached hydrogens (tertiary/aromatic N) is 1. The van der Waals surface area contributed by atoms with Gasteiger partial charge in [0.2, 0.25) is 0 Å². The van der Waals surface area contributed by atoms with Crippen molar-refractivity contribution >= 4 is 39.1 Å². The van der Waals surface area contributed by atoms with E-state index in [9.17, 15) is 4.79 Å². The van der Waals surface area contributed by atoms with Gasteiger partial charge >= 0.3 is 0 Å². The molecule has 0 spiro atoms. The third kappa shape index (κ3) is 5.87. The van der Waals surface area contributed by atoms with Crippen molar-refractivity contribution in [1.82, 2.24) is 10.2 Å². The summed E-state index contributed by atoms with van der Waals surface area (Å²) in [6.07, 6.45) is 7.25. The average molecular weight is 431 g/mol. The zero-order valence-electron chi connectivity index (χ0n) is 15.0. The van der Waals surface area contributed by atoms with Crippen molar-refractivity contribution in [2.45, 2.75) is 58.0 Å². The largest absolute Gasteiger partial charge is 0.398 e. The minimum Gasteiger partial charge on any atom is -0.398 e. The van der Waals surface area contributed by atoms with Crippen LogP contribution in [0.1, 0.15) is 61.4 Å². The Morgan fingerprint density at radius 3 is 2.72 bits per heavy atom. The Hall–Kier alpha value is -0.780. The predicted molar refractivity (Wildman–Crippen MR) is 109 cm³/mol. The van der Waals surface area contributed by atoms with Crippen LogP contribution in [0.4, 0.5) is 5.69 Å². The number of nitrogens with one attached hydrogen (secondary N) is 1. The van der Waals surface area contributed by atoms with E-state index in [1.165, 1.54) is 32.1 Å². The highest BCUT2D eigenvalue weighted by atomic mass is 79.9. The second-order valence-electron chi connectivity index (χ2n) is 6.68. The summed E-state index contributed by atoms with van der Waals surface area (Å²) in [7, 11) is 0. The molecular formula is C19H29BrClN3O. The standard InChI is InChI=1S/C19H29BrClN3O/c1-2-24(16-7-4-3-5-8-16)13-15-11-14(12-17(20)18(15)22)19(25)23-10-6-9-21/h11-12,16H,2-10,13,22H2,1H3,(H,23,25). The van der Waals surface area contributed by atoms with Crippen molar-refractivity contribution in [2.75, 3.05) is 24.7 Å². The van der Waals surface area contributed by atoms with Crippen molar-refractivity contribution < 1.29 is 4.79 Å². The van der Waals surface area contributed by atoms with Crippen molar-refractivity contribution in [1.29, 1.82) is 0 Å². The first kappa shape index (κ1) is 20.5. The predicted octanol–water partition coefficient (Wildman–Crippen LogP) is 4.54. The fraction of sp³-hybridized carbons (Fsp3) is 0.632. The number of anilines is 1. The molecule has 3 N–H and O–H groups in total. The number of halogens is 2. The molecule has 1 aromatic rings. The lowest BCUT2D eigenvalue weighted by atomic mass is 9.93. The summed E-state index contributed by atoms with van der Waals surface area (Å²) >= 11 is 9.18. The topological polar surface area (TPSA) is 58.4 Å². The van der Waals surface area contributed by atoms with Gasteiger partial charge in [0.1, 0.15) is 0 Å². The normalized spacial score (nSPS) is 15.5. The number of hydrogen-bond donors (Lipinski definition) is 2. The fourth-order valence-electron chi connectivity index (χ4n) is 3.47. The van der Waals surface area contributed by atoms with Gasteiger partial charge in [0.15, 0.2) is 0 Å². The van der Waals surface area contributed by atoms with Crippen molar-refractivity contribution in [2.24, 2.45) is 0 Å². The number of carbonyl (C=O) groups excluding carboxylic acids is 1. The van der Waals surface area contributed by atoms with Gasteiger partial charge in [-0.15, -0.1) is 11.6 Å². The Labute approximate surface area is 164 Å². The average Bonchev–Trinajstić information content (AvgIpc) is 2.63. The molecule has 1 aliphatic carbocycles. The van der Waals surface area contributed by atoms with Crippen LogP contribution >= 0.6 is 27.5 Å². The minimum absolute atomic E-state index is 0.0761. The van der Waals surface area contributed by atoms with Gasteiger partial charge in [-0.05, 0) is 59.4 Å². The molecule has 1 aliphatic rings. The molecule has 4 nitrogen and oxygen atoms in total. The summed E-state index contributed by atoms with van der Waals surface area (Å²) in [6, 6.07) is 4.35. The van der Waals surface area contributed by atoms with E-state index in [1.807, 2.05) is 6.07 Å². The molecule has 0 unspecified atom stereocenters. The lowest BCUT2D eigenvalue weighted by Gasteiger charge is -2.34. The molecular weight excluding hydrogens is 402 g/mol. The van der Waals surface area contributed by atoms with Crippen molar-refractivity contribution in [3.63, 3.8) is 0 Å². The first-order chi connectivity index (χ1) is 12.1. The smallest absolute Gasteiger partial charge is 0.251 e. The minimum atomic E-state index is -0.0761. The second kappa shape index (κ2) is 10.4. The Balaban J connectivity index is 2.13. The Kier molecular flexibility index (Phi) is 8.53. The molecule has 0 atom stereocenters. The molecule has 0 radical (unpaired) electrons. The van der Waals surface area contributed by atoms with E-state index in [-0.39, 0.29) is 5.91 Å². The molecule has 0 aromatic heterocycles. The van der Waals surface area contributed by atoms with E-state index in [0.717, 1.165) is 35.2 Å². The van der Waals surface area contributed by atoms with E-state index >= 15 is 0 Å². The summed E-state index contributed by atoms with van der Waals surface area (Å²) in [5, 5.41) is 2.91. The van der Waals surface area contributed by atoms with Crippen LogP contribution in [0.5, 0.6) is 0 Å². The van der Waals surface area contributed by atoms with Gasteiger partial charge in [-0.1, -0.05) is 26.2 Å². The first-order valence-electron chi connectivity index (χ1n) is 9.23. The lowest BCUT2D eigenvalue weighted by Crippen LogP contribution is -2.36. The number of alkyl halides is 1. The number of amides is 1. The number of hydrogen-bond acceptors (Lipinski definition) is 3. The maximum absolute atomic E-state index is 12.4. The fourth-order valence-corrected chi connectivity index (χ4v) is 4.11. The van der Waals surface area contributed by atoms with E-state index < -0.39 is 0 Å². The summed E-state index contributed by atoms with van der Waals surface area (Å²) in [5.74, 6) is 0.469. The van der Waals surface area contributed by atoms with Gasteiger partial charge in [-0.2, -0.15) is 0 Å². The summed E-state index contributed by atoms with van der Waals surface area (Å²) < 4.78 is 0.784. The van der Waals surface area contributed by atoms with E-state index in [2.05, 4.69) is 33.1 Å². The highest BCUT2D eigenvalue weighted by Crippen LogP contribution is 2.29. The van der Waals surface area contributed by atoms with E-state index in [0.29, 0.717) is 24.0 Å².